The largest absolute Gasteiger partial charge is 0.382 e. The minimum absolute atomic E-state index is 0.218. The van der Waals surface area contributed by atoms with Crippen LogP contribution in [-0.2, 0) is 0 Å². The van der Waals surface area contributed by atoms with Gasteiger partial charge in [-0.05, 0) is 24.3 Å². The predicted octanol–water partition coefficient (Wildman–Crippen LogP) is 3.66. The predicted molar refractivity (Wildman–Crippen MR) is 81.5 cm³/mol. The van der Waals surface area contributed by atoms with Crippen molar-refractivity contribution < 1.29 is 0 Å². The molecule has 0 fully saturated rings. The van der Waals surface area contributed by atoms with E-state index in [1.165, 1.54) is 6.33 Å². The molecular formula is C13H9Cl2N5. The third-order valence-electron chi connectivity index (χ3n) is 2.79. The third-order valence-corrected chi connectivity index (χ3v) is 3.49. The van der Waals surface area contributed by atoms with Gasteiger partial charge >= 0.3 is 0 Å². The van der Waals surface area contributed by atoms with Gasteiger partial charge in [-0.2, -0.15) is 0 Å². The normalized spacial score (nSPS) is 10.7. The lowest BCUT2D eigenvalue weighted by Gasteiger charge is -2.10. The van der Waals surface area contributed by atoms with Crippen LogP contribution in [0.4, 0.5) is 17.3 Å². The topological polar surface area (TPSA) is 76.7 Å². The first-order valence-corrected chi connectivity index (χ1v) is 6.48. The Morgan fingerprint density at radius 1 is 1.05 bits per heavy atom. The highest BCUT2D eigenvalue weighted by Gasteiger charge is 2.10. The van der Waals surface area contributed by atoms with E-state index < -0.39 is 0 Å². The maximum atomic E-state index is 6.15. The van der Waals surface area contributed by atoms with Crippen LogP contribution in [0.15, 0.2) is 36.8 Å². The van der Waals surface area contributed by atoms with E-state index >= 15 is 0 Å². The second kappa shape index (κ2) is 5.11. The number of nitrogens with two attached hydrogens (primary N) is 1. The molecule has 5 nitrogen and oxygen atoms in total. The average molecular weight is 306 g/mol. The molecule has 0 saturated carbocycles. The number of fused-ring (bicyclic) bond motifs is 1. The first-order valence-electron chi connectivity index (χ1n) is 5.73. The van der Waals surface area contributed by atoms with Gasteiger partial charge in [0.05, 0.1) is 16.2 Å². The molecule has 2 heterocycles. The fraction of sp³-hybridized carbons (Fsp3) is 0. The van der Waals surface area contributed by atoms with Crippen LogP contribution in [0, 0.1) is 0 Å². The van der Waals surface area contributed by atoms with Gasteiger partial charge in [-0.15, -0.1) is 0 Å². The third kappa shape index (κ3) is 2.21. The van der Waals surface area contributed by atoms with Crippen molar-refractivity contribution in [2.75, 3.05) is 11.1 Å². The standard InChI is InChI=1S/C13H9Cl2N5/c14-8-3-4-9(11-7(8)2-1-5-17-11)20-13-10(15)12(16)18-6-19-13/h1-6H,(H3,16,18,19,20). The van der Waals surface area contributed by atoms with Crippen molar-refractivity contribution >= 4 is 51.4 Å². The second-order valence-corrected chi connectivity index (χ2v) is 4.83. The second-order valence-electron chi connectivity index (χ2n) is 4.04. The van der Waals surface area contributed by atoms with Crippen LogP contribution >= 0.6 is 23.2 Å². The van der Waals surface area contributed by atoms with E-state index in [1.54, 1.807) is 12.3 Å². The molecule has 0 aliphatic carbocycles. The lowest BCUT2D eigenvalue weighted by Crippen LogP contribution is -2.00. The van der Waals surface area contributed by atoms with Crippen LogP contribution in [0.2, 0.25) is 10.0 Å². The number of nitrogens with zero attached hydrogens (tertiary/aromatic N) is 3. The number of anilines is 3. The van der Waals surface area contributed by atoms with Gasteiger partial charge in [-0.25, -0.2) is 9.97 Å². The number of nitrogens with one attached hydrogen (secondary N) is 1. The van der Waals surface area contributed by atoms with Gasteiger partial charge in [0.1, 0.15) is 17.2 Å². The monoisotopic (exact) mass is 305 g/mol. The lowest BCUT2D eigenvalue weighted by atomic mass is 10.2. The Hall–Kier alpha value is -2.11. The van der Waals surface area contributed by atoms with Crippen molar-refractivity contribution in [3.63, 3.8) is 0 Å². The molecule has 3 aromatic rings. The minimum Gasteiger partial charge on any atom is -0.382 e. The summed E-state index contributed by atoms with van der Waals surface area (Å²) in [6.07, 6.45) is 3.04. The van der Waals surface area contributed by atoms with E-state index in [1.807, 2.05) is 18.2 Å². The Morgan fingerprint density at radius 3 is 2.75 bits per heavy atom. The van der Waals surface area contributed by atoms with E-state index in [2.05, 4.69) is 20.3 Å². The average Bonchev–Trinajstić information content (AvgIpc) is 2.47. The van der Waals surface area contributed by atoms with Gasteiger partial charge in [0.2, 0.25) is 0 Å². The summed E-state index contributed by atoms with van der Waals surface area (Å²) in [6, 6.07) is 7.32. The Bertz CT molecular complexity index is 791. The molecule has 0 bridgehead atoms. The van der Waals surface area contributed by atoms with Crippen molar-refractivity contribution in [3.8, 4) is 0 Å². The quantitative estimate of drug-likeness (QED) is 0.755. The van der Waals surface area contributed by atoms with Gasteiger partial charge in [-0.3, -0.25) is 4.98 Å². The van der Waals surface area contributed by atoms with Gasteiger partial charge in [0.25, 0.3) is 0 Å². The van der Waals surface area contributed by atoms with Gasteiger partial charge in [0.15, 0.2) is 5.82 Å². The number of rotatable bonds is 2. The highest BCUT2D eigenvalue weighted by Crippen LogP contribution is 2.32. The fourth-order valence-corrected chi connectivity index (χ4v) is 2.20. The summed E-state index contributed by atoms with van der Waals surface area (Å²) >= 11 is 12.2. The Morgan fingerprint density at radius 2 is 1.90 bits per heavy atom. The van der Waals surface area contributed by atoms with E-state index in [9.17, 15) is 0 Å². The summed E-state index contributed by atoms with van der Waals surface area (Å²) < 4.78 is 0. The maximum absolute atomic E-state index is 6.15. The van der Waals surface area contributed by atoms with Crippen molar-refractivity contribution in [2.24, 2.45) is 0 Å². The van der Waals surface area contributed by atoms with Gasteiger partial charge in [-0.1, -0.05) is 23.2 Å². The molecule has 1 aromatic carbocycles. The summed E-state index contributed by atoms with van der Waals surface area (Å²) in [5.41, 5.74) is 7.12. The molecular weight excluding hydrogens is 297 g/mol. The molecule has 0 aliphatic heterocycles. The molecule has 3 N–H and O–H groups in total. The maximum Gasteiger partial charge on any atom is 0.154 e. The van der Waals surface area contributed by atoms with E-state index in [-0.39, 0.29) is 10.8 Å². The van der Waals surface area contributed by atoms with Crippen LogP contribution in [0.3, 0.4) is 0 Å². The SMILES string of the molecule is Nc1ncnc(Nc2ccc(Cl)c3cccnc23)c1Cl. The zero-order valence-corrected chi connectivity index (χ0v) is 11.7. The molecule has 0 aliphatic rings. The molecule has 3 rings (SSSR count). The minimum atomic E-state index is 0.218. The summed E-state index contributed by atoms with van der Waals surface area (Å²) in [5, 5.41) is 4.85. The number of hydrogen-bond acceptors (Lipinski definition) is 5. The smallest absolute Gasteiger partial charge is 0.154 e. The highest BCUT2D eigenvalue weighted by molar-refractivity contribution is 6.36. The van der Waals surface area contributed by atoms with Crippen molar-refractivity contribution in [3.05, 3.63) is 46.8 Å². The number of nitrogen functional groups attached to an aromatic ring is 1. The Kier molecular flexibility index (Phi) is 3.30. The van der Waals surface area contributed by atoms with Crippen LogP contribution in [0.25, 0.3) is 10.9 Å². The van der Waals surface area contributed by atoms with Crippen molar-refractivity contribution in [2.45, 2.75) is 0 Å². The molecule has 7 heteroatoms. The van der Waals surface area contributed by atoms with Crippen LogP contribution in [0.5, 0.6) is 0 Å². The molecule has 100 valence electrons. The molecule has 0 spiro atoms. The number of aromatic nitrogens is 3. The molecule has 0 unspecified atom stereocenters. The summed E-state index contributed by atoms with van der Waals surface area (Å²) in [5.74, 6) is 0.642. The van der Waals surface area contributed by atoms with Gasteiger partial charge < -0.3 is 11.1 Å². The molecule has 0 atom stereocenters. The van der Waals surface area contributed by atoms with Crippen LogP contribution in [-0.4, -0.2) is 15.0 Å². The summed E-state index contributed by atoms with van der Waals surface area (Å²) in [6.45, 7) is 0. The number of hydrogen-bond donors (Lipinski definition) is 2. The number of pyridine rings is 1. The Balaban J connectivity index is 2.12. The summed E-state index contributed by atoms with van der Waals surface area (Å²) in [4.78, 5) is 12.2. The van der Waals surface area contributed by atoms with Crippen molar-refractivity contribution in [1.82, 2.24) is 15.0 Å². The molecule has 0 radical (unpaired) electrons. The lowest BCUT2D eigenvalue weighted by molar-refractivity contribution is 1.18. The zero-order valence-electron chi connectivity index (χ0n) is 10.1. The molecule has 0 saturated heterocycles. The zero-order chi connectivity index (χ0) is 14.1. The first kappa shape index (κ1) is 12.9. The number of halogens is 2. The summed E-state index contributed by atoms with van der Waals surface area (Å²) in [7, 11) is 0. The van der Waals surface area contributed by atoms with E-state index in [0.717, 1.165) is 16.6 Å². The van der Waals surface area contributed by atoms with Crippen molar-refractivity contribution in [1.29, 1.82) is 0 Å². The number of benzene rings is 1. The highest BCUT2D eigenvalue weighted by atomic mass is 35.5. The van der Waals surface area contributed by atoms with E-state index in [4.69, 9.17) is 28.9 Å². The molecule has 2 aromatic heterocycles. The first-order chi connectivity index (χ1) is 9.66. The fourth-order valence-electron chi connectivity index (χ4n) is 1.84. The van der Waals surface area contributed by atoms with E-state index in [0.29, 0.717) is 10.8 Å². The molecule has 20 heavy (non-hydrogen) atoms. The Labute approximate surface area is 124 Å². The van der Waals surface area contributed by atoms with Crippen LogP contribution in [0.1, 0.15) is 0 Å². The molecule has 0 amide bonds. The van der Waals surface area contributed by atoms with Gasteiger partial charge in [0, 0.05) is 11.6 Å². The van der Waals surface area contributed by atoms with Crippen LogP contribution < -0.4 is 11.1 Å².